The number of hydrogen-bond donors (Lipinski definition) is 5. The van der Waals surface area contributed by atoms with Crippen LogP contribution in [-0.2, 0) is 24.4 Å². The first-order valence-electron chi connectivity index (χ1n) is 9.79. The molecule has 0 fully saturated rings. The molecule has 1 aromatic rings. The highest BCUT2D eigenvalue weighted by atomic mass is 32.2. The standard InChI is InChI=1S/C19H30N6O5S/c1-3-16(25-31(29,30)15-9-5-4-6-10-15)18(28)23-13(2)17(27)24-14(12-26)8-7-11-22-19(20)21/h4-6,9-10,12-14,16,25H,3,7-8,11H2,1-2H3,(H,23,28)(H,24,27)(H4,20,21,22)/t13-,14-,16+/m0/s1. The van der Waals surface area contributed by atoms with Crippen molar-refractivity contribution < 1.29 is 22.8 Å². The van der Waals surface area contributed by atoms with E-state index >= 15 is 0 Å². The number of nitrogens with one attached hydrogen (secondary N) is 3. The fourth-order valence-corrected chi connectivity index (χ4v) is 3.86. The lowest BCUT2D eigenvalue weighted by atomic mass is 10.1. The minimum atomic E-state index is -3.90. The molecule has 0 saturated heterocycles. The predicted molar refractivity (Wildman–Crippen MR) is 116 cm³/mol. The van der Waals surface area contributed by atoms with Gasteiger partial charge in [0.25, 0.3) is 0 Å². The molecule has 12 heteroatoms. The fraction of sp³-hybridized carbons (Fsp3) is 0.474. The van der Waals surface area contributed by atoms with Crippen molar-refractivity contribution in [3.63, 3.8) is 0 Å². The van der Waals surface area contributed by atoms with Gasteiger partial charge in [0.05, 0.1) is 10.9 Å². The molecule has 0 aromatic heterocycles. The Labute approximate surface area is 182 Å². The van der Waals surface area contributed by atoms with Gasteiger partial charge in [-0.2, -0.15) is 4.72 Å². The quantitative estimate of drug-likeness (QED) is 0.109. The Hall–Kier alpha value is -2.99. The molecular formula is C19H30N6O5S. The second kappa shape index (κ2) is 12.6. The lowest BCUT2D eigenvalue weighted by Crippen LogP contribution is -2.53. The van der Waals surface area contributed by atoms with Gasteiger partial charge in [0, 0.05) is 6.54 Å². The van der Waals surface area contributed by atoms with Crippen molar-refractivity contribution in [2.24, 2.45) is 16.5 Å². The Morgan fingerprint density at radius 3 is 2.32 bits per heavy atom. The maximum Gasteiger partial charge on any atom is 0.242 e. The van der Waals surface area contributed by atoms with Gasteiger partial charge in [-0.1, -0.05) is 25.1 Å². The fourth-order valence-electron chi connectivity index (χ4n) is 2.56. The summed E-state index contributed by atoms with van der Waals surface area (Å²) in [7, 11) is -3.90. The van der Waals surface area contributed by atoms with Crippen LogP contribution in [-0.4, -0.2) is 57.1 Å². The summed E-state index contributed by atoms with van der Waals surface area (Å²) in [4.78, 5) is 39.8. The summed E-state index contributed by atoms with van der Waals surface area (Å²) in [6.45, 7) is 3.39. The third-order valence-corrected chi connectivity index (χ3v) is 5.77. The molecule has 11 nitrogen and oxygen atoms in total. The van der Waals surface area contributed by atoms with Gasteiger partial charge in [-0.05, 0) is 38.3 Å². The molecule has 1 aromatic carbocycles. The van der Waals surface area contributed by atoms with E-state index < -0.39 is 40.0 Å². The molecule has 7 N–H and O–H groups in total. The average molecular weight is 455 g/mol. The maximum atomic E-state index is 12.5. The molecule has 0 radical (unpaired) electrons. The molecule has 0 unspecified atom stereocenters. The first-order valence-corrected chi connectivity index (χ1v) is 11.3. The van der Waals surface area contributed by atoms with Gasteiger partial charge in [-0.3, -0.25) is 14.6 Å². The van der Waals surface area contributed by atoms with Crippen LogP contribution in [0.5, 0.6) is 0 Å². The first-order chi connectivity index (χ1) is 14.6. The minimum absolute atomic E-state index is 0.0293. The molecule has 31 heavy (non-hydrogen) atoms. The number of carbonyl (C=O) groups is 3. The van der Waals surface area contributed by atoms with Crippen molar-refractivity contribution in [3.05, 3.63) is 30.3 Å². The van der Waals surface area contributed by atoms with Crippen LogP contribution >= 0.6 is 0 Å². The lowest BCUT2D eigenvalue weighted by Gasteiger charge is -2.21. The Morgan fingerprint density at radius 1 is 1.13 bits per heavy atom. The lowest BCUT2D eigenvalue weighted by molar-refractivity contribution is -0.130. The zero-order valence-corrected chi connectivity index (χ0v) is 18.4. The predicted octanol–water partition coefficient (Wildman–Crippen LogP) is -1.01. The normalized spacial score (nSPS) is 14.0. The van der Waals surface area contributed by atoms with Gasteiger partial charge < -0.3 is 26.9 Å². The Balaban J connectivity index is 2.64. The molecule has 3 atom stereocenters. The van der Waals surface area contributed by atoms with E-state index in [-0.39, 0.29) is 17.3 Å². The monoisotopic (exact) mass is 454 g/mol. The molecule has 0 saturated carbocycles. The van der Waals surface area contributed by atoms with Gasteiger partial charge in [-0.15, -0.1) is 0 Å². The summed E-state index contributed by atoms with van der Waals surface area (Å²) < 4.78 is 27.2. The molecule has 0 spiro atoms. The number of carbonyl (C=O) groups excluding carboxylic acids is 3. The van der Waals surface area contributed by atoms with Crippen LogP contribution < -0.4 is 26.8 Å². The van der Waals surface area contributed by atoms with Crippen molar-refractivity contribution in [1.29, 1.82) is 0 Å². The molecule has 1 rings (SSSR count). The molecule has 0 aliphatic heterocycles. The zero-order chi connectivity index (χ0) is 23.4. The molecule has 172 valence electrons. The average Bonchev–Trinajstić information content (AvgIpc) is 2.74. The number of aldehydes is 1. The van der Waals surface area contributed by atoms with Gasteiger partial charge in [-0.25, -0.2) is 8.42 Å². The zero-order valence-electron chi connectivity index (χ0n) is 17.6. The number of guanidine groups is 1. The molecule has 0 bridgehead atoms. The summed E-state index contributed by atoms with van der Waals surface area (Å²) in [5, 5.41) is 4.99. The molecule has 0 heterocycles. The van der Waals surface area contributed by atoms with Crippen LogP contribution in [0.2, 0.25) is 0 Å². The third-order valence-electron chi connectivity index (χ3n) is 4.29. The van der Waals surface area contributed by atoms with Crippen molar-refractivity contribution in [3.8, 4) is 0 Å². The van der Waals surface area contributed by atoms with Gasteiger partial charge in [0.15, 0.2) is 5.96 Å². The highest BCUT2D eigenvalue weighted by molar-refractivity contribution is 7.89. The van der Waals surface area contributed by atoms with E-state index in [0.29, 0.717) is 25.7 Å². The number of aliphatic imine (C=N–C) groups is 1. The van der Waals surface area contributed by atoms with Gasteiger partial charge in [0.1, 0.15) is 18.4 Å². The van der Waals surface area contributed by atoms with E-state index in [9.17, 15) is 22.8 Å². The van der Waals surface area contributed by atoms with Crippen molar-refractivity contribution in [2.45, 2.75) is 56.1 Å². The van der Waals surface area contributed by atoms with E-state index in [1.54, 1.807) is 25.1 Å². The van der Waals surface area contributed by atoms with Crippen LogP contribution in [0.1, 0.15) is 33.1 Å². The van der Waals surface area contributed by atoms with Crippen molar-refractivity contribution >= 4 is 34.1 Å². The highest BCUT2D eigenvalue weighted by Gasteiger charge is 2.27. The Kier molecular flexibility index (Phi) is 10.6. The second-order valence-corrected chi connectivity index (χ2v) is 8.54. The smallest absolute Gasteiger partial charge is 0.242 e. The Bertz CT molecular complexity index is 871. The van der Waals surface area contributed by atoms with E-state index in [0.717, 1.165) is 0 Å². The number of hydrogen-bond acceptors (Lipinski definition) is 6. The number of benzene rings is 1. The number of nitrogens with zero attached hydrogens (tertiary/aromatic N) is 1. The summed E-state index contributed by atoms with van der Waals surface area (Å²) in [5.74, 6) is -1.29. The highest BCUT2D eigenvalue weighted by Crippen LogP contribution is 2.09. The van der Waals surface area contributed by atoms with Crippen molar-refractivity contribution in [1.82, 2.24) is 15.4 Å². The van der Waals surface area contributed by atoms with Crippen LogP contribution in [0.4, 0.5) is 0 Å². The molecule has 0 aliphatic rings. The van der Waals surface area contributed by atoms with E-state index in [4.69, 9.17) is 11.5 Å². The van der Waals surface area contributed by atoms with E-state index in [1.165, 1.54) is 19.1 Å². The van der Waals surface area contributed by atoms with Crippen molar-refractivity contribution in [2.75, 3.05) is 6.54 Å². The summed E-state index contributed by atoms with van der Waals surface area (Å²) in [5.41, 5.74) is 10.4. The van der Waals surface area contributed by atoms with Gasteiger partial charge >= 0.3 is 0 Å². The topological polar surface area (TPSA) is 186 Å². The summed E-state index contributed by atoms with van der Waals surface area (Å²) in [6.07, 6.45) is 1.56. The molecule has 0 aliphatic carbocycles. The molecule has 2 amide bonds. The first kappa shape index (κ1) is 26.0. The van der Waals surface area contributed by atoms with Gasteiger partial charge in [0.2, 0.25) is 21.8 Å². The Morgan fingerprint density at radius 2 is 1.77 bits per heavy atom. The van der Waals surface area contributed by atoms with Crippen LogP contribution in [0.25, 0.3) is 0 Å². The number of sulfonamides is 1. The summed E-state index contributed by atoms with van der Waals surface area (Å²) >= 11 is 0. The number of rotatable bonds is 13. The summed E-state index contributed by atoms with van der Waals surface area (Å²) in [6, 6.07) is 4.83. The van der Waals surface area contributed by atoms with Crippen LogP contribution in [0, 0.1) is 0 Å². The third kappa shape index (κ3) is 9.13. The largest absolute Gasteiger partial charge is 0.370 e. The van der Waals surface area contributed by atoms with E-state index in [1.807, 2.05) is 0 Å². The number of nitrogens with two attached hydrogens (primary N) is 2. The SMILES string of the molecule is CC[C@@H](NS(=O)(=O)c1ccccc1)C(=O)N[C@@H](C)C(=O)N[C@H](C=O)CCCN=C(N)N. The van der Waals surface area contributed by atoms with Crippen LogP contribution in [0.15, 0.2) is 40.2 Å². The van der Waals surface area contributed by atoms with Crippen LogP contribution in [0.3, 0.4) is 0 Å². The molecular weight excluding hydrogens is 424 g/mol. The number of amides is 2. The van der Waals surface area contributed by atoms with E-state index in [2.05, 4.69) is 20.3 Å². The maximum absolute atomic E-state index is 12.5. The second-order valence-electron chi connectivity index (χ2n) is 6.83. The minimum Gasteiger partial charge on any atom is -0.370 e.